The van der Waals surface area contributed by atoms with Crippen LogP contribution in [-0.4, -0.2) is 51.6 Å². The lowest BCUT2D eigenvalue weighted by Gasteiger charge is -2.27. The molecule has 1 saturated heterocycles. The third-order valence-electron chi connectivity index (χ3n) is 2.69. The van der Waals surface area contributed by atoms with Gasteiger partial charge in [-0.2, -0.15) is 0 Å². The van der Waals surface area contributed by atoms with Gasteiger partial charge in [0, 0.05) is 6.42 Å². The second kappa shape index (κ2) is 4.66. The minimum atomic E-state index is -1.13. The van der Waals surface area contributed by atoms with Crippen LogP contribution in [0.15, 0.2) is 12.7 Å². The Morgan fingerprint density at radius 2 is 2.24 bits per heavy atom. The molecule has 2 atom stereocenters. The van der Waals surface area contributed by atoms with Crippen LogP contribution in [0.3, 0.4) is 0 Å². The van der Waals surface area contributed by atoms with Crippen LogP contribution in [0.1, 0.15) is 27.2 Å². The molecular formula is C12H21NO4. The summed E-state index contributed by atoms with van der Waals surface area (Å²) in [5.74, 6) is 0. The molecule has 1 amide bonds. The van der Waals surface area contributed by atoms with Crippen molar-refractivity contribution in [3.05, 3.63) is 12.7 Å². The van der Waals surface area contributed by atoms with Gasteiger partial charge in [-0.15, -0.1) is 6.58 Å². The first-order chi connectivity index (χ1) is 7.71. The van der Waals surface area contributed by atoms with E-state index in [4.69, 9.17) is 4.74 Å². The van der Waals surface area contributed by atoms with E-state index in [1.807, 2.05) is 0 Å². The molecule has 1 aliphatic heterocycles. The Labute approximate surface area is 102 Å². The van der Waals surface area contributed by atoms with Crippen molar-refractivity contribution in [2.75, 3.05) is 13.2 Å². The molecule has 0 aromatic carbocycles. The fourth-order valence-electron chi connectivity index (χ4n) is 1.85. The minimum absolute atomic E-state index is 0.108. The van der Waals surface area contributed by atoms with Crippen molar-refractivity contribution in [2.45, 2.75) is 44.4 Å². The number of ether oxygens (including phenoxy) is 1. The highest BCUT2D eigenvalue weighted by Crippen LogP contribution is 2.29. The topological polar surface area (TPSA) is 70.0 Å². The van der Waals surface area contributed by atoms with Crippen LogP contribution in [-0.2, 0) is 4.74 Å². The second-order valence-electron chi connectivity index (χ2n) is 5.46. The first-order valence-electron chi connectivity index (χ1n) is 5.67. The van der Waals surface area contributed by atoms with Crippen molar-refractivity contribution >= 4 is 6.09 Å². The molecule has 0 unspecified atom stereocenters. The van der Waals surface area contributed by atoms with Gasteiger partial charge in [-0.1, -0.05) is 6.08 Å². The van der Waals surface area contributed by atoms with Crippen molar-refractivity contribution in [1.82, 2.24) is 4.90 Å². The lowest BCUT2D eigenvalue weighted by atomic mass is 10.0. The average molecular weight is 243 g/mol. The molecule has 0 aromatic heterocycles. The van der Waals surface area contributed by atoms with E-state index in [9.17, 15) is 15.0 Å². The highest BCUT2D eigenvalue weighted by atomic mass is 16.6. The summed E-state index contributed by atoms with van der Waals surface area (Å²) in [6.07, 6.45) is 1.17. The predicted octanol–water partition coefficient (Wildman–Crippen LogP) is 0.905. The van der Waals surface area contributed by atoms with Gasteiger partial charge in [-0.25, -0.2) is 4.79 Å². The molecule has 0 bridgehead atoms. The fourth-order valence-corrected chi connectivity index (χ4v) is 1.85. The highest BCUT2D eigenvalue weighted by Gasteiger charge is 2.44. The first kappa shape index (κ1) is 14.0. The number of aliphatic hydroxyl groups excluding tert-OH is 1. The summed E-state index contributed by atoms with van der Waals surface area (Å²) >= 11 is 0. The van der Waals surface area contributed by atoms with Gasteiger partial charge in [0.15, 0.2) is 0 Å². The summed E-state index contributed by atoms with van der Waals surface area (Å²) in [5.41, 5.74) is -1.73. The summed E-state index contributed by atoms with van der Waals surface area (Å²) in [6.45, 7) is 8.77. The van der Waals surface area contributed by atoms with Crippen LogP contribution in [0.5, 0.6) is 0 Å². The molecule has 5 nitrogen and oxygen atoms in total. The third kappa shape index (κ3) is 3.44. The molecule has 1 rings (SSSR count). The van der Waals surface area contributed by atoms with Gasteiger partial charge in [0.2, 0.25) is 0 Å². The van der Waals surface area contributed by atoms with E-state index < -0.39 is 23.3 Å². The van der Waals surface area contributed by atoms with Gasteiger partial charge in [-0.05, 0) is 20.8 Å². The second-order valence-corrected chi connectivity index (χ2v) is 5.46. The maximum absolute atomic E-state index is 11.9. The smallest absolute Gasteiger partial charge is 0.410 e. The van der Waals surface area contributed by atoms with Crippen LogP contribution in [0.25, 0.3) is 0 Å². The molecule has 0 spiro atoms. The van der Waals surface area contributed by atoms with Crippen LogP contribution >= 0.6 is 0 Å². The molecule has 5 heteroatoms. The number of hydrogen-bond acceptors (Lipinski definition) is 4. The summed E-state index contributed by atoms with van der Waals surface area (Å²) < 4.78 is 5.22. The molecule has 1 heterocycles. The quantitative estimate of drug-likeness (QED) is 0.707. The van der Waals surface area contributed by atoms with E-state index in [1.54, 1.807) is 20.8 Å². The van der Waals surface area contributed by atoms with Crippen LogP contribution in [0.4, 0.5) is 4.79 Å². The Morgan fingerprint density at radius 1 is 1.65 bits per heavy atom. The van der Waals surface area contributed by atoms with Gasteiger partial charge in [0.1, 0.15) is 11.2 Å². The molecule has 1 aliphatic rings. The maximum Gasteiger partial charge on any atom is 0.410 e. The SMILES string of the molecule is C=C[C@@]1(O)C[C@@H](CO)N(C(=O)OC(C)(C)C)C1. The van der Waals surface area contributed by atoms with Crippen molar-refractivity contribution < 1.29 is 19.7 Å². The lowest BCUT2D eigenvalue weighted by Crippen LogP contribution is -2.42. The summed E-state index contributed by atoms with van der Waals surface area (Å²) in [6, 6.07) is -0.423. The van der Waals surface area contributed by atoms with Crippen LogP contribution in [0, 0.1) is 0 Å². The standard InChI is InChI=1S/C12H21NO4/c1-5-12(16)6-9(7-14)13(8-12)10(15)17-11(2,3)4/h5,9,14,16H,1,6-8H2,2-4H3/t9-,12+/m0/s1. The Bertz CT molecular complexity index is 310. The number of amides is 1. The highest BCUT2D eigenvalue weighted by molar-refractivity contribution is 5.69. The molecule has 98 valence electrons. The van der Waals surface area contributed by atoms with Crippen LogP contribution < -0.4 is 0 Å². The lowest BCUT2D eigenvalue weighted by molar-refractivity contribution is 0.0142. The fraction of sp³-hybridized carbons (Fsp3) is 0.750. The third-order valence-corrected chi connectivity index (χ3v) is 2.69. The van der Waals surface area contributed by atoms with Crippen LogP contribution in [0.2, 0.25) is 0 Å². The maximum atomic E-state index is 11.9. The number of carbonyl (C=O) groups excluding carboxylic acids is 1. The van der Waals surface area contributed by atoms with E-state index in [0.717, 1.165) is 0 Å². The molecule has 0 radical (unpaired) electrons. The number of nitrogens with zero attached hydrogens (tertiary/aromatic N) is 1. The number of rotatable bonds is 2. The summed E-state index contributed by atoms with van der Waals surface area (Å²) in [4.78, 5) is 13.2. The average Bonchev–Trinajstić information content (AvgIpc) is 2.54. The number of β-amino-alcohol motifs (C(OH)–C–C–N with tert-alkyl or cyclic N) is 1. The summed E-state index contributed by atoms with van der Waals surface area (Å²) in [5, 5.41) is 19.3. The molecule has 0 aromatic rings. The van der Waals surface area contributed by atoms with E-state index in [-0.39, 0.29) is 19.6 Å². The zero-order valence-corrected chi connectivity index (χ0v) is 10.6. The predicted molar refractivity (Wildman–Crippen MR) is 63.6 cm³/mol. The normalized spacial score (nSPS) is 29.2. The van der Waals surface area contributed by atoms with Crippen molar-refractivity contribution in [1.29, 1.82) is 0 Å². The zero-order valence-electron chi connectivity index (χ0n) is 10.6. The minimum Gasteiger partial charge on any atom is -0.444 e. The van der Waals surface area contributed by atoms with Gasteiger partial charge in [0.05, 0.1) is 19.2 Å². The molecule has 17 heavy (non-hydrogen) atoms. The van der Waals surface area contributed by atoms with E-state index >= 15 is 0 Å². The Balaban J connectivity index is 2.76. The van der Waals surface area contributed by atoms with Crippen molar-refractivity contribution in [2.24, 2.45) is 0 Å². The van der Waals surface area contributed by atoms with E-state index in [0.29, 0.717) is 0 Å². The summed E-state index contributed by atoms with van der Waals surface area (Å²) in [7, 11) is 0. The Hall–Kier alpha value is -1.07. The monoisotopic (exact) mass is 243 g/mol. The molecular weight excluding hydrogens is 222 g/mol. The van der Waals surface area contributed by atoms with Gasteiger partial charge < -0.3 is 14.9 Å². The van der Waals surface area contributed by atoms with E-state index in [1.165, 1.54) is 11.0 Å². The van der Waals surface area contributed by atoms with Crippen molar-refractivity contribution in [3.8, 4) is 0 Å². The molecule has 1 fully saturated rings. The molecule has 0 aliphatic carbocycles. The number of aliphatic hydroxyl groups is 2. The van der Waals surface area contributed by atoms with Crippen molar-refractivity contribution in [3.63, 3.8) is 0 Å². The van der Waals surface area contributed by atoms with Gasteiger partial charge in [0.25, 0.3) is 0 Å². The zero-order chi connectivity index (χ0) is 13.3. The number of carbonyl (C=O) groups is 1. The van der Waals surface area contributed by atoms with E-state index in [2.05, 4.69) is 6.58 Å². The number of hydrogen-bond donors (Lipinski definition) is 2. The first-order valence-corrected chi connectivity index (χ1v) is 5.67. The molecule has 2 N–H and O–H groups in total. The Kier molecular flexibility index (Phi) is 3.84. The van der Waals surface area contributed by atoms with Gasteiger partial charge in [-0.3, -0.25) is 4.90 Å². The Morgan fingerprint density at radius 3 is 2.65 bits per heavy atom. The largest absolute Gasteiger partial charge is 0.444 e. The molecule has 0 saturated carbocycles. The number of likely N-dealkylation sites (tertiary alicyclic amines) is 1. The van der Waals surface area contributed by atoms with Gasteiger partial charge >= 0.3 is 6.09 Å².